The van der Waals surface area contributed by atoms with Crippen molar-refractivity contribution >= 4 is 5.97 Å². The van der Waals surface area contributed by atoms with Gasteiger partial charge in [-0.15, -0.1) is 0 Å². The first-order valence-electron chi connectivity index (χ1n) is 11.0. The SMILES string of the molecule is CO[C@H]1C[C@H]2C=C[C@H]3[C@H]4O[C@]2(/C(C)=C/[C@@H](C)[C@@H](C(C)O)OC1=O)[C@@H]3[C@H](O)[C@@H](C)[C@H]4O. The van der Waals surface area contributed by atoms with Gasteiger partial charge in [0.25, 0.3) is 0 Å². The molecular formula is C23H34O7. The summed E-state index contributed by atoms with van der Waals surface area (Å²) < 4.78 is 17.8. The molecule has 3 N–H and O–H groups in total. The first-order chi connectivity index (χ1) is 14.1. The molecule has 0 aromatic rings. The van der Waals surface area contributed by atoms with Crippen LogP contribution in [0.1, 0.15) is 34.1 Å². The quantitative estimate of drug-likeness (QED) is 0.454. The number of aliphatic hydroxyl groups is 3. The number of esters is 1. The molecule has 0 amide bonds. The Morgan fingerprint density at radius 2 is 1.93 bits per heavy atom. The number of cyclic esters (lactones) is 1. The van der Waals surface area contributed by atoms with Gasteiger partial charge in [-0.2, -0.15) is 0 Å². The van der Waals surface area contributed by atoms with Crippen LogP contribution in [-0.4, -0.2) is 70.6 Å². The Hall–Kier alpha value is -1.25. The highest BCUT2D eigenvalue weighted by molar-refractivity contribution is 5.75. The normalized spacial score (nSPS) is 53.3. The second-order valence-electron chi connectivity index (χ2n) is 9.62. The van der Waals surface area contributed by atoms with Crippen molar-refractivity contribution in [3.63, 3.8) is 0 Å². The number of hydrogen-bond donors (Lipinski definition) is 3. The lowest BCUT2D eigenvalue weighted by atomic mass is 9.57. The summed E-state index contributed by atoms with van der Waals surface area (Å²) in [5.74, 6) is -1.63. The summed E-state index contributed by atoms with van der Waals surface area (Å²) in [4.78, 5) is 12.8. The number of hydrogen-bond acceptors (Lipinski definition) is 7. The fourth-order valence-electron chi connectivity index (χ4n) is 6.34. The van der Waals surface area contributed by atoms with E-state index in [1.54, 1.807) is 6.92 Å². The van der Waals surface area contributed by atoms with Gasteiger partial charge in [0.2, 0.25) is 0 Å². The Bertz CT molecular complexity index is 746. The van der Waals surface area contributed by atoms with E-state index in [-0.39, 0.29) is 29.6 Å². The van der Waals surface area contributed by atoms with E-state index in [2.05, 4.69) is 0 Å². The summed E-state index contributed by atoms with van der Waals surface area (Å²) in [5.41, 5.74) is 0.0851. The van der Waals surface area contributed by atoms with E-state index in [0.717, 1.165) is 5.57 Å². The van der Waals surface area contributed by atoms with Gasteiger partial charge in [-0.3, -0.25) is 0 Å². The number of carbonyl (C=O) groups is 1. The van der Waals surface area contributed by atoms with Gasteiger partial charge in [0, 0.05) is 36.7 Å². The third kappa shape index (κ3) is 3.01. The molecular weight excluding hydrogens is 388 g/mol. The third-order valence-electron chi connectivity index (χ3n) is 7.91. The molecule has 0 aromatic heterocycles. The molecule has 4 rings (SSSR count). The lowest BCUT2D eigenvalue weighted by molar-refractivity contribution is -0.172. The average Bonchev–Trinajstić information content (AvgIpc) is 2.91. The highest BCUT2D eigenvalue weighted by atomic mass is 16.6. The minimum Gasteiger partial charge on any atom is -0.457 e. The molecule has 0 radical (unpaired) electrons. The van der Waals surface area contributed by atoms with Crippen molar-refractivity contribution in [2.45, 2.75) is 76.3 Å². The maximum atomic E-state index is 12.8. The van der Waals surface area contributed by atoms with Crippen molar-refractivity contribution in [2.75, 3.05) is 7.11 Å². The maximum Gasteiger partial charge on any atom is 0.335 e. The minimum atomic E-state index is -0.853. The molecule has 2 aliphatic heterocycles. The first-order valence-corrected chi connectivity index (χ1v) is 11.0. The van der Waals surface area contributed by atoms with Gasteiger partial charge in [-0.05, 0) is 25.8 Å². The summed E-state index contributed by atoms with van der Waals surface area (Å²) >= 11 is 0. The fourth-order valence-corrected chi connectivity index (χ4v) is 6.34. The van der Waals surface area contributed by atoms with Crippen molar-refractivity contribution in [2.24, 2.45) is 29.6 Å². The second kappa shape index (κ2) is 7.71. The lowest BCUT2D eigenvalue weighted by Gasteiger charge is -2.48. The predicted octanol–water partition coefficient (Wildman–Crippen LogP) is 1.21. The van der Waals surface area contributed by atoms with Crippen molar-refractivity contribution in [3.05, 3.63) is 23.8 Å². The summed E-state index contributed by atoms with van der Waals surface area (Å²) in [5, 5.41) is 32.3. The molecule has 2 heterocycles. The van der Waals surface area contributed by atoms with E-state index in [4.69, 9.17) is 14.2 Å². The zero-order valence-electron chi connectivity index (χ0n) is 18.3. The van der Waals surface area contributed by atoms with Gasteiger partial charge >= 0.3 is 5.97 Å². The Morgan fingerprint density at radius 1 is 1.23 bits per heavy atom. The van der Waals surface area contributed by atoms with Crippen molar-refractivity contribution in [1.29, 1.82) is 0 Å². The Balaban J connectivity index is 1.86. The highest BCUT2D eigenvalue weighted by Crippen LogP contribution is 2.60. The van der Waals surface area contributed by atoms with Crippen LogP contribution in [0.25, 0.3) is 0 Å². The van der Waals surface area contributed by atoms with Crippen LogP contribution in [0.15, 0.2) is 23.8 Å². The van der Waals surface area contributed by atoms with Crippen LogP contribution in [0, 0.1) is 29.6 Å². The zero-order valence-corrected chi connectivity index (χ0v) is 18.3. The van der Waals surface area contributed by atoms with Crippen LogP contribution in [-0.2, 0) is 19.0 Å². The van der Waals surface area contributed by atoms with E-state index in [9.17, 15) is 20.1 Å². The zero-order chi connectivity index (χ0) is 22.0. The molecule has 1 spiro atoms. The van der Waals surface area contributed by atoms with Gasteiger partial charge in [-0.1, -0.05) is 32.1 Å². The summed E-state index contributed by atoms with van der Waals surface area (Å²) in [6, 6.07) is 0. The predicted molar refractivity (Wildman–Crippen MR) is 108 cm³/mol. The minimum absolute atomic E-state index is 0.0930. The molecule has 30 heavy (non-hydrogen) atoms. The Kier molecular flexibility index (Phi) is 5.64. The fraction of sp³-hybridized carbons (Fsp3) is 0.783. The van der Waals surface area contributed by atoms with Crippen molar-refractivity contribution in [3.8, 4) is 0 Å². The van der Waals surface area contributed by atoms with Crippen LogP contribution in [0.5, 0.6) is 0 Å². The van der Waals surface area contributed by atoms with Gasteiger partial charge in [0.1, 0.15) is 11.7 Å². The summed E-state index contributed by atoms with van der Waals surface area (Å²) in [6.07, 6.45) is 2.09. The van der Waals surface area contributed by atoms with Crippen molar-refractivity contribution < 1.29 is 34.3 Å². The number of carbonyl (C=O) groups excluding carboxylic acids is 1. The molecule has 1 unspecified atom stereocenters. The molecule has 1 saturated heterocycles. The number of methoxy groups -OCH3 is 1. The largest absolute Gasteiger partial charge is 0.457 e. The van der Waals surface area contributed by atoms with E-state index >= 15 is 0 Å². The summed E-state index contributed by atoms with van der Waals surface area (Å²) in [6.45, 7) is 7.34. The molecule has 168 valence electrons. The number of aliphatic hydroxyl groups excluding tert-OH is 3. The van der Waals surface area contributed by atoms with E-state index < -0.39 is 48.2 Å². The van der Waals surface area contributed by atoms with Crippen LogP contribution in [0.3, 0.4) is 0 Å². The molecule has 0 aromatic carbocycles. The maximum absolute atomic E-state index is 12.8. The second-order valence-corrected chi connectivity index (χ2v) is 9.62. The monoisotopic (exact) mass is 422 g/mol. The van der Waals surface area contributed by atoms with Crippen LogP contribution < -0.4 is 0 Å². The van der Waals surface area contributed by atoms with E-state index in [1.165, 1.54) is 7.11 Å². The standard InChI is InChI=1S/C23H34O7/c1-10-8-11(2)23-14(9-16(28-5)22(27)29-20(10)13(4)24)6-7-15-17(23)18(25)12(3)19(26)21(15)30-23/h6-8,10,12-21,24-26H,9H2,1-5H3/b11-8+/t10-,12-,13?,14-,15-,16+,17+,18-,19-,20+,21-,23+/m1/s1. The van der Waals surface area contributed by atoms with Gasteiger partial charge in [0.15, 0.2) is 6.10 Å². The van der Waals surface area contributed by atoms with Crippen LogP contribution in [0.2, 0.25) is 0 Å². The smallest absolute Gasteiger partial charge is 0.335 e. The topological polar surface area (TPSA) is 105 Å². The number of ether oxygens (including phenoxy) is 3. The van der Waals surface area contributed by atoms with Gasteiger partial charge < -0.3 is 29.5 Å². The van der Waals surface area contributed by atoms with Gasteiger partial charge in [-0.25, -0.2) is 4.79 Å². The van der Waals surface area contributed by atoms with Crippen LogP contribution >= 0.6 is 0 Å². The lowest BCUT2D eigenvalue weighted by Crippen LogP contribution is -2.56. The molecule has 2 aliphatic carbocycles. The highest BCUT2D eigenvalue weighted by Gasteiger charge is 2.68. The summed E-state index contributed by atoms with van der Waals surface area (Å²) in [7, 11) is 1.47. The third-order valence-corrected chi connectivity index (χ3v) is 7.91. The molecule has 7 nitrogen and oxygen atoms in total. The van der Waals surface area contributed by atoms with Crippen LogP contribution in [0.4, 0.5) is 0 Å². The average molecular weight is 423 g/mol. The van der Waals surface area contributed by atoms with Gasteiger partial charge in [0.05, 0.1) is 24.4 Å². The first kappa shape index (κ1) is 22.0. The van der Waals surface area contributed by atoms with E-state index in [0.29, 0.717) is 6.42 Å². The molecule has 12 atom stereocenters. The molecule has 2 fully saturated rings. The number of rotatable bonds is 2. The molecule has 4 bridgehead atoms. The Labute approximate surface area is 177 Å². The Morgan fingerprint density at radius 3 is 2.57 bits per heavy atom. The van der Waals surface area contributed by atoms with Crippen molar-refractivity contribution in [1.82, 2.24) is 0 Å². The molecule has 1 saturated carbocycles. The van der Waals surface area contributed by atoms with E-state index in [1.807, 2.05) is 39.0 Å². The molecule has 4 aliphatic rings. The molecule has 7 heteroatoms.